The predicted octanol–water partition coefficient (Wildman–Crippen LogP) is 2.14. The number of aliphatic imine (C=N–C) groups is 1. The summed E-state index contributed by atoms with van der Waals surface area (Å²) < 4.78 is 0. The first-order valence-corrected chi connectivity index (χ1v) is 5.70. The van der Waals surface area contributed by atoms with Crippen molar-refractivity contribution in [2.45, 2.75) is 6.92 Å². The molecule has 1 rings (SSSR count). The Morgan fingerprint density at radius 1 is 1.47 bits per heavy atom. The molecule has 6 nitrogen and oxygen atoms in total. The van der Waals surface area contributed by atoms with Crippen LogP contribution in [0, 0.1) is 5.41 Å². The maximum atomic E-state index is 9.16. The molecule has 0 aliphatic rings. The second kappa shape index (κ2) is 8.34. The van der Waals surface area contributed by atoms with E-state index < -0.39 is 5.97 Å². The number of nitrogens with zero attached hydrogens (tertiary/aromatic N) is 1. The second-order valence-corrected chi connectivity index (χ2v) is 4.15. The quantitative estimate of drug-likeness (QED) is 0.505. The molecular formula is C11H13Cl2N3O3. The van der Waals surface area contributed by atoms with Crippen LogP contribution in [0.1, 0.15) is 12.5 Å². The molecule has 19 heavy (non-hydrogen) atoms. The highest BCUT2D eigenvalue weighted by Gasteiger charge is 2.05. The van der Waals surface area contributed by atoms with E-state index in [0.717, 1.165) is 6.92 Å². The summed E-state index contributed by atoms with van der Waals surface area (Å²) in [7, 11) is 0. The second-order valence-electron chi connectivity index (χ2n) is 3.34. The first kappa shape index (κ1) is 17.2. The van der Waals surface area contributed by atoms with E-state index in [9.17, 15) is 0 Å². The van der Waals surface area contributed by atoms with Crippen LogP contribution < -0.4 is 5.73 Å². The first-order valence-electron chi connectivity index (χ1n) is 4.94. The van der Waals surface area contributed by atoms with Crippen molar-refractivity contribution >= 4 is 41.2 Å². The third-order valence-corrected chi connectivity index (χ3v) is 2.17. The van der Waals surface area contributed by atoms with E-state index in [1.807, 2.05) is 0 Å². The van der Waals surface area contributed by atoms with Crippen LogP contribution in [0.2, 0.25) is 10.0 Å². The number of carboxylic acids is 1. The Morgan fingerprint density at radius 2 is 1.89 bits per heavy atom. The van der Waals surface area contributed by atoms with E-state index in [1.165, 1.54) is 18.3 Å². The van der Waals surface area contributed by atoms with Gasteiger partial charge in [0.1, 0.15) is 11.6 Å². The van der Waals surface area contributed by atoms with Crippen molar-refractivity contribution < 1.29 is 15.0 Å². The molecule has 0 saturated heterocycles. The lowest BCUT2D eigenvalue weighted by atomic mass is 10.2. The third kappa shape index (κ3) is 8.01. The molecule has 0 aliphatic heterocycles. The van der Waals surface area contributed by atoms with Crippen molar-refractivity contribution in [2.24, 2.45) is 10.7 Å². The highest BCUT2D eigenvalue weighted by molar-refractivity contribution is 6.38. The molecule has 0 aromatic heterocycles. The average molecular weight is 306 g/mol. The molecule has 0 aliphatic carbocycles. The molecule has 5 N–H and O–H groups in total. The summed E-state index contributed by atoms with van der Waals surface area (Å²) in [4.78, 5) is 12.9. The SMILES string of the molecule is CC(=O)O.N=C(N)CN=Cc1c(Cl)cc(O)cc1Cl. The fraction of sp³-hybridized carbons (Fsp3) is 0.182. The highest BCUT2D eigenvalue weighted by atomic mass is 35.5. The van der Waals surface area contributed by atoms with Crippen LogP contribution in [0.4, 0.5) is 0 Å². The number of hydrogen-bond acceptors (Lipinski definition) is 4. The Balaban J connectivity index is 0.000000711. The van der Waals surface area contributed by atoms with E-state index in [-0.39, 0.29) is 18.1 Å². The molecule has 1 aromatic carbocycles. The Labute approximate surface area is 120 Å². The van der Waals surface area contributed by atoms with Gasteiger partial charge in [-0.3, -0.25) is 15.2 Å². The maximum Gasteiger partial charge on any atom is 0.300 e. The van der Waals surface area contributed by atoms with Gasteiger partial charge < -0.3 is 15.9 Å². The van der Waals surface area contributed by atoms with Gasteiger partial charge >= 0.3 is 0 Å². The van der Waals surface area contributed by atoms with Crippen LogP contribution in [0.25, 0.3) is 0 Å². The number of rotatable bonds is 3. The number of aliphatic carboxylic acids is 1. The number of benzene rings is 1. The lowest BCUT2D eigenvalue weighted by molar-refractivity contribution is -0.134. The van der Waals surface area contributed by atoms with Crippen LogP contribution in [-0.4, -0.2) is 34.8 Å². The minimum atomic E-state index is -0.833. The first-order chi connectivity index (χ1) is 8.73. The Hall–Kier alpha value is -1.79. The molecule has 0 fully saturated rings. The third-order valence-electron chi connectivity index (χ3n) is 1.55. The number of nitrogens with two attached hydrogens (primary N) is 1. The van der Waals surface area contributed by atoms with Crippen molar-refractivity contribution in [2.75, 3.05) is 6.54 Å². The average Bonchev–Trinajstić information content (AvgIpc) is 2.20. The van der Waals surface area contributed by atoms with E-state index in [4.69, 9.17) is 49.4 Å². The van der Waals surface area contributed by atoms with Gasteiger partial charge in [0.05, 0.1) is 16.6 Å². The van der Waals surface area contributed by atoms with Gasteiger partial charge in [0, 0.05) is 18.7 Å². The molecule has 8 heteroatoms. The summed E-state index contributed by atoms with van der Waals surface area (Å²) in [6.45, 7) is 1.17. The maximum absolute atomic E-state index is 9.16. The van der Waals surface area contributed by atoms with E-state index in [1.54, 1.807) is 0 Å². The number of hydrogen-bond donors (Lipinski definition) is 4. The summed E-state index contributed by atoms with van der Waals surface area (Å²) in [5.74, 6) is -0.883. The number of phenolic OH excluding ortho intramolecular Hbond substituents is 1. The zero-order valence-corrected chi connectivity index (χ0v) is 11.5. The monoisotopic (exact) mass is 305 g/mol. The molecule has 104 valence electrons. The molecule has 0 amide bonds. The topological polar surface area (TPSA) is 120 Å². The van der Waals surface area contributed by atoms with Crippen LogP contribution in [0.15, 0.2) is 17.1 Å². The van der Waals surface area contributed by atoms with Gasteiger partial charge in [-0.25, -0.2) is 0 Å². The normalized spacial score (nSPS) is 9.84. The van der Waals surface area contributed by atoms with Gasteiger partial charge in [-0.15, -0.1) is 0 Å². The van der Waals surface area contributed by atoms with Crippen molar-refractivity contribution in [1.29, 1.82) is 5.41 Å². The van der Waals surface area contributed by atoms with Crippen LogP contribution in [-0.2, 0) is 4.79 Å². The Morgan fingerprint density at radius 3 is 2.26 bits per heavy atom. The lowest BCUT2D eigenvalue weighted by Gasteiger charge is -2.02. The molecule has 1 aromatic rings. The van der Waals surface area contributed by atoms with Crippen molar-refractivity contribution in [3.05, 3.63) is 27.7 Å². The molecule has 0 bridgehead atoms. The number of amidine groups is 1. The molecule has 0 spiro atoms. The number of halogens is 2. The number of phenols is 1. The number of nitrogens with one attached hydrogen (secondary N) is 1. The number of carbonyl (C=O) groups is 1. The van der Waals surface area contributed by atoms with Gasteiger partial charge in [-0.05, 0) is 12.1 Å². The predicted molar refractivity (Wildman–Crippen MR) is 75.8 cm³/mol. The lowest BCUT2D eigenvalue weighted by Crippen LogP contribution is -2.13. The van der Waals surface area contributed by atoms with Gasteiger partial charge in [-0.2, -0.15) is 0 Å². The largest absolute Gasteiger partial charge is 0.508 e. The fourth-order valence-electron chi connectivity index (χ4n) is 0.930. The zero-order chi connectivity index (χ0) is 15.0. The number of aromatic hydroxyl groups is 1. The molecule has 0 radical (unpaired) electrons. The fourth-order valence-corrected chi connectivity index (χ4v) is 1.50. The minimum absolute atomic E-state index is 0.00582. The minimum Gasteiger partial charge on any atom is -0.508 e. The molecule has 0 saturated carbocycles. The molecule has 0 heterocycles. The molecular weight excluding hydrogens is 293 g/mol. The summed E-state index contributed by atoms with van der Waals surface area (Å²) in [6.07, 6.45) is 1.42. The summed E-state index contributed by atoms with van der Waals surface area (Å²) in [5.41, 5.74) is 5.62. The van der Waals surface area contributed by atoms with Gasteiger partial charge in [0.15, 0.2) is 0 Å². The van der Waals surface area contributed by atoms with E-state index in [0.29, 0.717) is 15.6 Å². The van der Waals surface area contributed by atoms with Crippen molar-refractivity contribution in [1.82, 2.24) is 0 Å². The summed E-state index contributed by atoms with van der Waals surface area (Å²) in [5, 5.41) is 24.1. The Bertz CT molecular complexity index is 477. The van der Waals surface area contributed by atoms with Gasteiger partial charge in [0.2, 0.25) is 0 Å². The summed E-state index contributed by atoms with van der Waals surface area (Å²) >= 11 is 11.7. The molecule has 0 unspecified atom stereocenters. The van der Waals surface area contributed by atoms with E-state index in [2.05, 4.69) is 4.99 Å². The van der Waals surface area contributed by atoms with E-state index >= 15 is 0 Å². The number of carboxylic acid groups (broad SMARTS) is 1. The zero-order valence-electron chi connectivity index (χ0n) is 10.0. The van der Waals surface area contributed by atoms with Crippen molar-refractivity contribution in [3.63, 3.8) is 0 Å². The standard InChI is InChI=1S/C9H9Cl2N3O.C2H4O2/c10-7-1-5(15)2-8(11)6(7)3-14-4-9(12)13;1-2(3)4/h1-3,15H,4H2,(H3,12,13);1H3,(H,3,4). The smallest absolute Gasteiger partial charge is 0.300 e. The van der Waals surface area contributed by atoms with Gasteiger partial charge in [0.25, 0.3) is 5.97 Å². The van der Waals surface area contributed by atoms with Crippen LogP contribution in [0.3, 0.4) is 0 Å². The Kier molecular flexibility index (Phi) is 7.55. The summed E-state index contributed by atoms with van der Waals surface area (Å²) in [6, 6.07) is 2.73. The van der Waals surface area contributed by atoms with Gasteiger partial charge in [-0.1, -0.05) is 23.2 Å². The van der Waals surface area contributed by atoms with Crippen molar-refractivity contribution in [3.8, 4) is 5.75 Å². The van der Waals surface area contributed by atoms with Crippen LogP contribution >= 0.6 is 23.2 Å². The highest BCUT2D eigenvalue weighted by Crippen LogP contribution is 2.28. The molecule has 0 atom stereocenters. The van der Waals surface area contributed by atoms with Crippen LogP contribution in [0.5, 0.6) is 5.75 Å².